The molecule has 0 spiro atoms. The number of hydrogen-bond donors (Lipinski definition) is 1. The van der Waals surface area contributed by atoms with Crippen LogP contribution in [0.4, 0.5) is 0 Å². The van der Waals surface area contributed by atoms with Crippen molar-refractivity contribution in [1.82, 2.24) is 4.90 Å². The van der Waals surface area contributed by atoms with E-state index >= 15 is 0 Å². The third-order valence-electron chi connectivity index (χ3n) is 15.6. The topological polar surface area (TPSA) is 23.5 Å². The van der Waals surface area contributed by atoms with Gasteiger partial charge >= 0.3 is 0 Å². The van der Waals surface area contributed by atoms with E-state index in [2.05, 4.69) is 53.0 Å². The molecule has 216 valence electrons. The number of allylic oxidation sites excluding steroid dienone is 1. The Bertz CT molecular complexity index is 918. The number of rotatable bonds is 4. The fraction of sp³-hybridized carbons (Fsp3) is 0.944. The quantitative estimate of drug-likeness (QED) is 0.372. The van der Waals surface area contributed by atoms with Crippen LogP contribution in [0.3, 0.4) is 0 Å². The highest BCUT2D eigenvalue weighted by atomic mass is 16.3. The summed E-state index contributed by atoms with van der Waals surface area (Å²) in [7, 11) is 0. The number of nitrogens with zero attached hydrogens (tertiary/aromatic N) is 1. The monoisotopic (exact) mass is 523 g/mol. The van der Waals surface area contributed by atoms with Crippen LogP contribution in [0, 0.1) is 56.7 Å². The van der Waals surface area contributed by atoms with Gasteiger partial charge in [0.05, 0.1) is 6.10 Å². The Kier molecular flexibility index (Phi) is 6.83. The summed E-state index contributed by atoms with van der Waals surface area (Å²) in [4.78, 5) is 2.82. The van der Waals surface area contributed by atoms with E-state index in [4.69, 9.17) is 0 Å². The van der Waals surface area contributed by atoms with E-state index in [9.17, 15) is 5.11 Å². The van der Waals surface area contributed by atoms with E-state index in [1.54, 1.807) is 0 Å². The Morgan fingerprint density at radius 2 is 1.53 bits per heavy atom. The van der Waals surface area contributed by atoms with Crippen molar-refractivity contribution in [2.45, 2.75) is 138 Å². The van der Waals surface area contributed by atoms with Gasteiger partial charge in [-0.2, -0.15) is 0 Å². The first-order chi connectivity index (χ1) is 17.9. The van der Waals surface area contributed by atoms with Crippen molar-refractivity contribution in [2.24, 2.45) is 56.7 Å². The molecule has 0 aromatic heterocycles. The number of aliphatic hydroxyl groups is 1. The maximum Gasteiger partial charge on any atom is 0.0594 e. The van der Waals surface area contributed by atoms with Crippen LogP contribution in [0.5, 0.6) is 0 Å². The SMILES string of the molecule is C=C(C)[C@@H]1CC[C@]2(CCN3CCCCC3)CC[C@]3(C)[C@H](CC[C@@H]4[C@@]5(C)CCC(O)C(C)(C)[C@@H]5CC[C@]43C)[C@@H]12. The molecule has 10 atom stereocenters. The molecule has 0 amide bonds. The minimum Gasteiger partial charge on any atom is -0.393 e. The molecule has 38 heavy (non-hydrogen) atoms. The molecule has 0 aromatic carbocycles. The van der Waals surface area contributed by atoms with Crippen LogP contribution in [0.15, 0.2) is 12.2 Å². The minimum atomic E-state index is -0.123. The molecule has 1 heterocycles. The summed E-state index contributed by atoms with van der Waals surface area (Å²) in [5.74, 6) is 3.95. The Morgan fingerprint density at radius 1 is 0.789 bits per heavy atom. The van der Waals surface area contributed by atoms with Crippen LogP contribution in [0.25, 0.3) is 0 Å². The van der Waals surface area contributed by atoms with Crippen molar-refractivity contribution < 1.29 is 5.11 Å². The maximum absolute atomic E-state index is 11.0. The van der Waals surface area contributed by atoms with Gasteiger partial charge in [-0.1, -0.05) is 53.2 Å². The largest absolute Gasteiger partial charge is 0.393 e. The predicted octanol–water partition coefficient (Wildman–Crippen LogP) is 8.88. The maximum atomic E-state index is 11.0. The van der Waals surface area contributed by atoms with E-state index in [-0.39, 0.29) is 11.5 Å². The molecule has 5 aliphatic carbocycles. The first kappa shape index (κ1) is 27.8. The van der Waals surface area contributed by atoms with E-state index in [0.717, 1.165) is 30.1 Å². The Balaban J connectivity index is 1.32. The predicted molar refractivity (Wildman–Crippen MR) is 160 cm³/mol. The Hall–Kier alpha value is -0.340. The molecular formula is C36H61NO. The van der Waals surface area contributed by atoms with Crippen molar-refractivity contribution >= 4 is 0 Å². The fourth-order valence-corrected chi connectivity index (χ4v) is 13.3. The Labute approximate surface area is 235 Å². The second-order valence-corrected chi connectivity index (χ2v) is 17.1. The molecule has 5 saturated carbocycles. The normalized spacial score (nSPS) is 52.4. The van der Waals surface area contributed by atoms with Crippen LogP contribution in [0.2, 0.25) is 0 Å². The molecular weight excluding hydrogens is 462 g/mol. The smallest absolute Gasteiger partial charge is 0.0594 e. The molecule has 2 nitrogen and oxygen atoms in total. The number of likely N-dealkylation sites (tertiary alicyclic amines) is 1. The van der Waals surface area contributed by atoms with Crippen LogP contribution in [-0.2, 0) is 0 Å². The van der Waals surface area contributed by atoms with Gasteiger partial charge in [-0.05, 0) is 167 Å². The van der Waals surface area contributed by atoms with Gasteiger partial charge in [0, 0.05) is 0 Å². The van der Waals surface area contributed by atoms with Gasteiger partial charge in [0.15, 0.2) is 0 Å². The minimum absolute atomic E-state index is 0.0543. The third kappa shape index (κ3) is 3.77. The lowest BCUT2D eigenvalue weighted by Crippen LogP contribution is -2.66. The van der Waals surface area contributed by atoms with Crippen molar-refractivity contribution in [1.29, 1.82) is 0 Å². The van der Waals surface area contributed by atoms with E-state index in [1.165, 1.54) is 109 Å². The van der Waals surface area contributed by atoms with Gasteiger partial charge < -0.3 is 10.0 Å². The average molecular weight is 524 g/mol. The highest BCUT2D eigenvalue weighted by molar-refractivity contribution is 5.21. The first-order valence-electron chi connectivity index (χ1n) is 16.9. The van der Waals surface area contributed by atoms with Crippen LogP contribution < -0.4 is 0 Å². The van der Waals surface area contributed by atoms with E-state index < -0.39 is 0 Å². The molecule has 1 unspecified atom stereocenters. The zero-order valence-corrected chi connectivity index (χ0v) is 26.1. The average Bonchev–Trinajstić information content (AvgIpc) is 3.27. The summed E-state index contributed by atoms with van der Waals surface area (Å²) in [6, 6.07) is 0. The van der Waals surface area contributed by atoms with Gasteiger partial charge in [-0.15, -0.1) is 0 Å². The molecule has 6 aliphatic rings. The second kappa shape index (κ2) is 9.34. The lowest BCUT2D eigenvalue weighted by atomic mass is 9.32. The molecule has 0 bridgehead atoms. The van der Waals surface area contributed by atoms with Gasteiger partial charge in [0.1, 0.15) is 0 Å². The van der Waals surface area contributed by atoms with Crippen molar-refractivity contribution in [3.05, 3.63) is 12.2 Å². The fourth-order valence-electron chi connectivity index (χ4n) is 13.3. The molecule has 0 radical (unpaired) electrons. The Morgan fingerprint density at radius 3 is 2.24 bits per heavy atom. The van der Waals surface area contributed by atoms with Crippen LogP contribution in [0.1, 0.15) is 131 Å². The number of piperidine rings is 1. The zero-order chi connectivity index (χ0) is 27.1. The summed E-state index contributed by atoms with van der Waals surface area (Å²) >= 11 is 0. The van der Waals surface area contributed by atoms with Gasteiger partial charge in [0.25, 0.3) is 0 Å². The lowest BCUT2D eigenvalue weighted by Gasteiger charge is -2.73. The highest BCUT2D eigenvalue weighted by Gasteiger charge is 2.70. The van der Waals surface area contributed by atoms with Crippen LogP contribution in [-0.4, -0.2) is 35.7 Å². The van der Waals surface area contributed by atoms with Gasteiger partial charge in [-0.25, -0.2) is 0 Å². The van der Waals surface area contributed by atoms with Gasteiger partial charge in [-0.3, -0.25) is 0 Å². The summed E-state index contributed by atoms with van der Waals surface area (Å²) in [5, 5.41) is 11.0. The number of fused-ring (bicyclic) bond motifs is 7. The molecule has 0 aromatic rings. The number of aliphatic hydroxyl groups excluding tert-OH is 1. The zero-order valence-electron chi connectivity index (χ0n) is 26.1. The first-order valence-corrected chi connectivity index (χ1v) is 16.9. The van der Waals surface area contributed by atoms with E-state index in [0.29, 0.717) is 27.6 Å². The summed E-state index contributed by atoms with van der Waals surface area (Å²) in [6.07, 6.45) is 19.2. The second-order valence-electron chi connectivity index (χ2n) is 17.1. The number of hydrogen-bond acceptors (Lipinski definition) is 2. The standard InChI is InChI=1S/C36H61NO/c1-25(2)26-13-18-36(21-24-37-22-9-8-10-23-37)20-19-34(6)27(31(26)36)11-12-29-33(5)16-15-30(38)32(3,4)28(33)14-17-35(29,34)7/h26-31,38H,1,8-24H2,2-7H3/t26-,27+,28-,29+,30?,31+,33-,34+,35+,36+/m0/s1. The summed E-state index contributed by atoms with van der Waals surface area (Å²) in [5.41, 5.74) is 3.37. The molecule has 1 aliphatic heterocycles. The molecule has 6 rings (SSSR count). The lowest BCUT2D eigenvalue weighted by molar-refractivity contribution is -0.248. The molecule has 1 saturated heterocycles. The third-order valence-corrected chi connectivity index (χ3v) is 15.6. The van der Waals surface area contributed by atoms with Crippen molar-refractivity contribution in [3.8, 4) is 0 Å². The summed E-state index contributed by atoms with van der Waals surface area (Å²) in [6.45, 7) is 24.0. The molecule has 2 heteroatoms. The van der Waals surface area contributed by atoms with Crippen molar-refractivity contribution in [2.75, 3.05) is 19.6 Å². The summed E-state index contributed by atoms with van der Waals surface area (Å²) < 4.78 is 0. The van der Waals surface area contributed by atoms with Crippen molar-refractivity contribution in [3.63, 3.8) is 0 Å². The highest BCUT2D eigenvalue weighted by Crippen LogP contribution is 2.77. The van der Waals surface area contributed by atoms with Gasteiger partial charge in [0.2, 0.25) is 0 Å². The molecule has 6 fully saturated rings. The molecule has 1 N–H and O–H groups in total. The van der Waals surface area contributed by atoms with Crippen LogP contribution >= 0.6 is 0 Å². The van der Waals surface area contributed by atoms with E-state index in [1.807, 2.05) is 0 Å².